The molecule has 0 spiro atoms. The lowest BCUT2D eigenvalue weighted by Crippen LogP contribution is -2.08. The summed E-state index contributed by atoms with van der Waals surface area (Å²) in [5.74, 6) is 1.92. The van der Waals surface area contributed by atoms with Crippen LogP contribution in [0.3, 0.4) is 0 Å². The van der Waals surface area contributed by atoms with Crippen molar-refractivity contribution in [3.05, 3.63) is 28.8 Å². The topological polar surface area (TPSA) is 35.2 Å². The molecule has 1 rings (SSSR count). The van der Waals surface area contributed by atoms with E-state index >= 15 is 0 Å². The molecule has 2 N–H and O–H groups in total. The van der Waals surface area contributed by atoms with Crippen molar-refractivity contribution in [3.63, 3.8) is 0 Å². The summed E-state index contributed by atoms with van der Waals surface area (Å²) in [6, 6.07) is 4.35. The van der Waals surface area contributed by atoms with Crippen LogP contribution in [0.25, 0.3) is 0 Å². The predicted octanol–water partition coefficient (Wildman–Crippen LogP) is 3.40. The van der Waals surface area contributed by atoms with Crippen LogP contribution in [-0.4, -0.2) is 7.11 Å². The van der Waals surface area contributed by atoms with Gasteiger partial charge in [-0.2, -0.15) is 0 Å². The second-order valence-electron chi connectivity index (χ2n) is 4.77. The summed E-state index contributed by atoms with van der Waals surface area (Å²) in [7, 11) is 1.73. The van der Waals surface area contributed by atoms with Gasteiger partial charge in [0.25, 0.3) is 0 Å². The second kappa shape index (κ2) is 5.35. The molecule has 0 aliphatic carbocycles. The molecule has 0 bridgehead atoms. The summed E-state index contributed by atoms with van der Waals surface area (Å²) in [5.41, 5.74) is 9.55. The molecule has 1 aromatic carbocycles. The molecule has 0 heterocycles. The van der Waals surface area contributed by atoms with E-state index in [1.165, 1.54) is 11.1 Å². The van der Waals surface area contributed by atoms with Gasteiger partial charge in [-0.15, -0.1) is 0 Å². The zero-order chi connectivity index (χ0) is 12.3. The summed E-state index contributed by atoms with van der Waals surface area (Å²) in [5, 5.41) is 0. The van der Waals surface area contributed by atoms with Crippen molar-refractivity contribution < 1.29 is 4.74 Å². The summed E-state index contributed by atoms with van der Waals surface area (Å²) >= 11 is 0. The third-order valence-electron chi connectivity index (χ3n) is 2.98. The van der Waals surface area contributed by atoms with E-state index in [0.29, 0.717) is 18.4 Å². The van der Waals surface area contributed by atoms with Gasteiger partial charge in [0.05, 0.1) is 7.11 Å². The van der Waals surface area contributed by atoms with Crippen LogP contribution in [0, 0.1) is 0 Å². The van der Waals surface area contributed by atoms with Crippen LogP contribution in [0.4, 0.5) is 0 Å². The van der Waals surface area contributed by atoms with Crippen molar-refractivity contribution in [2.24, 2.45) is 5.73 Å². The SMILES string of the molecule is COc1c(C(C)C)ccc(C(C)C)c1CN. The molecule has 0 aliphatic rings. The minimum atomic E-state index is 0.460. The molecular weight excluding hydrogens is 198 g/mol. The van der Waals surface area contributed by atoms with Crippen LogP contribution in [0.2, 0.25) is 0 Å². The fraction of sp³-hybridized carbons (Fsp3) is 0.571. The standard InChI is InChI=1S/C14H23NO/c1-9(2)11-6-7-12(10(3)4)14(16-5)13(11)8-15/h6-7,9-10H,8,15H2,1-5H3. The number of rotatable bonds is 4. The first-order chi connectivity index (χ1) is 7.52. The van der Waals surface area contributed by atoms with Crippen molar-refractivity contribution in [2.75, 3.05) is 7.11 Å². The molecule has 2 heteroatoms. The third kappa shape index (κ3) is 2.38. The zero-order valence-corrected chi connectivity index (χ0v) is 11.0. The predicted molar refractivity (Wildman–Crippen MR) is 69.1 cm³/mol. The van der Waals surface area contributed by atoms with Crippen LogP contribution < -0.4 is 10.5 Å². The molecule has 0 saturated carbocycles. The first-order valence-corrected chi connectivity index (χ1v) is 5.92. The number of methoxy groups -OCH3 is 1. The fourth-order valence-electron chi connectivity index (χ4n) is 2.11. The quantitative estimate of drug-likeness (QED) is 0.845. The Balaban J connectivity index is 3.40. The van der Waals surface area contributed by atoms with Gasteiger partial charge in [-0.05, 0) is 23.0 Å². The van der Waals surface area contributed by atoms with E-state index in [-0.39, 0.29) is 0 Å². The van der Waals surface area contributed by atoms with E-state index in [1.807, 2.05) is 0 Å². The van der Waals surface area contributed by atoms with Crippen molar-refractivity contribution in [1.82, 2.24) is 0 Å². The Kier molecular flexibility index (Phi) is 4.36. The molecule has 16 heavy (non-hydrogen) atoms. The largest absolute Gasteiger partial charge is 0.496 e. The van der Waals surface area contributed by atoms with Gasteiger partial charge in [0.1, 0.15) is 5.75 Å². The van der Waals surface area contributed by atoms with Crippen molar-refractivity contribution in [1.29, 1.82) is 0 Å². The normalized spacial score (nSPS) is 11.2. The maximum Gasteiger partial charge on any atom is 0.127 e. The van der Waals surface area contributed by atoms with E-state index in [9.17, 15) is 0 Å². The molecule has 90 valence electrons. The van der Waals surface area contributed by atoms with Crippen molar-refractivity contribution in [3.8, 4) is 5.75 Å². The van der Waals surface area contributed by atoms with E-state index in [0.717, 1.165) is 11.3 Å². The third-order valence-corrected chi connectivity index (χ3v) is 2.98. The highest BCUT2D eigenvalue weighted by Crippen LogP contribution is 2.34. The van der Waals surface area contributed by atoms with Gasteiger partial charge in [0.15, 0.2) is 0 Å². The van der Waals surface area contributed by atoms with Gasteiger partial charge >= 0.3 is 0 Å². The highest BCUT2D eigenvalue weighted by molar-refractivity contribution is 5.48. The first kappa shape index (κ1) is 13.0. The molecule has 2 nitrogen and oxygen atoms in total. The molecule has 1 aromatic rings. The Hall–Kier alpha value is -1.02. The molecule has 0 amide bonds. The van der Waals surface area contributed by atoms with E-state index in [2.05, 4.69) is 39.8 Å². The van der Waals surface area contributed by atoms with Crippen LogP contribution in [0.5, 0.6) is 5.75 Å². The Bertz CT molecular complexity index is 321. The average Bonchev–Trinajstić information content (AvgIpc) is 2.26. The van der Waals surface area contributed by atoms with Gasteiger partial charge < -0.3 is 10.5 Å². The minimum absolute atomic E-state index is 0.460. The van der Waals surface area contributed by atoms with E-state index in [1.54, 1.807) is 7.11 Å². The van der Waals surface area contributed by atoms with Gasteiger partial charge in [-0.25, -0.2) is 0 Å². The highest BCUT2D eigenvalue weighted by Gasteiger charge is 2.16. The van der Waals surface area contributed by atoms with E-state index in [4.69, 9.17) is 10.5 Å². The number of hydrogen-bond acceptors (Lipinski definition) is 2. The zero-order valence-electron chi connectivity index (χ0n) is 11.0. The molecule has 0 fully saturated rings. The Morgan fingerprint density at radius 1 is 1.06 bits per heavy atom. The van der Waals surface area contributed by atoms with Gasteiger partial charge in [0.2, 0.25) is 0 Å². The summed E-state index contributed by atoms with van der Waals surface area (Å²) in [4.78, 5) is 0. The van der Waals surface area contributed by atoms with E-state index < -0.39 is 0 Å². The minimum Gasteiger partial charge on any atom is -0.496 e. The Morgan fingerprint density at radius 3 is 1.94 bits per heavy atom. The van der Waals surface area contributed by atoms with Gasteiger partial charge in [-0.3, -0.25) is 0 Å². The molecular formula is C14H23NO. The van der Waals surface area contributed by atoms with Crippen molar-refractivity contribution >= 4 is 0 Å². The average molecular weight is 221 g/mol. The summed E-state index contributed by atoms with van der Waals surface area (Å²) < 4.78 is 5.54. The van der Waals surface area contributed by atoms with Crippen LogP contribution >= 0.6 is 0 Å². The number of benzene rings is 1. The number of nitrogens with two attached hydrogens (primary N) is 1. The second-order valence-corrected chi connectivity index (χ2v) is 4.77. The molecule has 0 radical (unpaired) electrons. The van der Waals surface area contributed by atoms with Crippen LogP contribution in [-0.2, 0) is 6.54 Å². The Morgan fingerprint density at radius 2 is 1.56 bits per heavy atom. The maximum absolute atomic E-state index is 5.85. The molecule has 0 unspecified atom stereocenters. The monoisotopic (exact) mass is 221 g/mol. The highest BCUT2D eigenvalue weighted by atomic mass is 16.5. The summed E-state index contributed by atoms with van der Waals surface area (Å²) in [6.07, 6.45) is 0. The van der Waals surface area contributed by atoms with Gasteiger partial charge in [-0.1, -0.05) is 39.8 Å². The lowest BCUT2D eigenvalue weighted by Gasteiger charge is -2.20. The van der Waals surface area contributed by atoms with Gasteiger partial charge in [0, 0.05) is 12.1 Å². The Labute approximate surface area is 98.8 Å². The van der Waals surface area contributed by atoms with Crippen LogP contribution in [0.15, 0.2) is 12.1 Å². The van der Waals surface area contributed by atoms with Crippen molar-refractivity contribution in [2.45, 2.75) is 46.1 Å². The first-order valence-electron chi connectivity index (χ1n) is 5.92. The molecule has 0 atom stereocenters. The molecule has 0 saturated heterocycles. The molecule has 0 aliphatic heterocycles. The number of ether oxygens (including phenoxy) is 1. The lowest BCUT2D eigenvalue weighted by molar-refractivity contribution is 0.401. The maximum atomic E-state index is 5.85. The lowest BCUT2D eigenvalue weighted by atomic mass is 9.91. The number of hydrogen-bond donors (Lipinski definition) is 1. The summed E-state index contributed by atoms with van der Waals surface area (Å²) in [6.45, 7) is 9.25. The molecule has 0 aromatic heterocycles. The smallest absolute Gasteiger partial charge is 0.127 e. The fourth-order valence-corrected chi connectivity index (χ4v) is 2.11. The van der Waals surface area contributed by atoms with Crippen LogP contribution in [0.1, 0.15) is 56.2 Å².